The first kappa shape index (κ1) is 16.4. The van der Waals surface area contributed by atoms with E-state index in [1.54, 1.807) is 7.05 Å². The average molecular weight is 321 g/mol. The summed E-state index contributed by atoms with van der Waals surface area (Å²) in [6.07, 6.45) is -0.363. The zero-order valence-electron chi connectivity index (χ0n) is 12.5. The third-order valence-corrected chi connectivity index (χ3v) is 4.52. The quantitative estimate of drug-likeness (QED) is 0.700. The normalized spacial score (nSPS) is 19.6. The molecule has 21 heavy (non-hydrogen) atoms. The van der Waals surface area contributed by atoms with Crippen LogP contribution in [0.3, 0.4) is 0 Å². The maximum absolute atomic E-state index is 12.9. The number of halogens is 4. The van der Waals surface area contributed by atoms with Crippen molar-refractivity contribution in [1.82, 2.24) is 4.98 Å². The summed E-state index contributed by atoms with van der Waals surface area (Å²) in [6.45, 7) is 4.45. The smallest absolute Gasteiger partial charge is 0.357 e. The van der Waals surface area contributed by atoms with E-state index in [2.05, 4.69) is 18.8 Å². The number of alkyl halides is 3. The molecule has 2 rings (SSSR count). The van der Waals surface area contributed by atoms with E-state index < -0.39 is 11.7 Å². The van der Waals surface area contributed by atoms with Gasteiger partial charge in [0.25, 0.3) is 0 Å². The molecule has 0 amide bonds. The predicted octanol–water partition coefficient (Wildman–Crippen LogP) is 5.16. The summed E-state index contributed by atoms with van der Waals surface area (Å²) in [5.74, 6) is 0.291. The Kier molecular flexibility index (Phi) is 4.43. The minimum absolute atomic E-state index is 0.122. The van der Waals surface area contributed by atoms with E-state index >= 15 is 0 Å². The summed E-state index contributed by atoms with van der Waals surface area (Å²) in [4.78, 5) is 5.88. The second-order valence-corrected chi connectivity index (χ2v) is 6.93. The van der Waals surface area contributed by atoms with Gasteiger partial charge in [-0.1, -0.05) is 25.4 Å². The summed E-state index contributed by atoms with van der Waals surface area (Å²) in [7, 11) is 1.79. The molecule has 0 bridgehead atoms. The van der Waals surface area contributed by atoms with E-state index in [0.717, 1.165) is 37.8 Å². The van der Waals surface area contributed by atoms with Crippen LogP contribution in [0.1, 0.15) is 45.1 Å². The molecule has 0 saturated heterocycles. The molecule has 0 radical (unpaired) electrons. The molecule has 0 unspecified atom stereocenters. The molecule has 0 aliphatic heterocycles. The van der Waals surface area contributed by atoms with E-state index in [1.165, 1.54) is 0 Å². The van der Waals surface area contributed by atoms with Crippen LogP contribution in [-0.2, 0) is 6.18 Å². The molecule has 0 aromatic carbocycles. The molecular formula is C15H20ClF3N2. The first-order valence-corrected chi connectivity index (χ1v) is 7.44. The lowest BCUT2D eigenvalue weighted by Gasteiger charge is -2.39. The molecule has 1 saturated carbocycles. The fourth-order valence-electron chi connectivity index (χ4n) is 2.79. The highest BCUT2D eigenvalue weighted by Gasteiger charge is 2.33. The van der Waals surface area contributed by atoms with E-state index in [-0.39, 0.29) is 11.2 Å². The molecular weight excluding hydrogens is 301 g/mol. The van der Waals surface area contributed by atoms with Gasteiger partial charge in [0, 0.05) is 13.1 Å². The van der Waals surface area contributed by atoms with Gasteiger partial charge in [-0.2, -0.15) is 13.2 Å². The Labute approximate surface area is 128 Å². The Morgan fingerprint density at radius 2 is 1.81 bits per heavy atom. The van der Waals surface area contributed by atoms with Gasteiger partial charge in [-0.05, 0) is 43.2 Å². The summed E-state index contributed by atoms with van der Waals surface area (Å²) in [5, 5.41) is -0.122. The minimum atomic E-state index is -4.41. The Balaban J connectivity index is 2.20. The molecule has 1 heterocycles. The Bertz CT molecular complexity index is 504. The molecule has 118 valence electrons. The van der Waals surface area contributed by atoms with Crippen LogP contribution >= 0.6 is 11.6 Å². The fraction of sp³-hybridized carbons (Fsp3) is 0.667. The van der Waals surface area contributed by atoms with Crippen LogP contribution < -0.4 is 4.90 Å². The molecule has 6 heteroatoms. The molecule has 2 nitrogen and oxygen atoms in total. The topological polar surface area (TPSA) is 16.1 Å². The third-order valence-electron chi connectivity index (χ3n) is 4.33. The standard InChI is InChI=1S/C15H20ClF3N2/c1-14(2)6-4-11(5-7-14)21(3)13-9-10(15(17,18)19)8-12(16)20-13/h8-9,11H,4-7H2,1-3H3. The number of rotatable bonds is 2. The molecule has 1 aromatic heterocycles. The average Bonchev–Trinajstić information content (AvgIpc) is 2.36. The second kappa shape index (κ2) is 5.67. The van der Waals surface area contributed by atoms with Gasteiger partial charge in [0.15, 0.2) is 0 Å². The predicted molar refractivity (Wildman–Crippen MR) is 78.7 cm³/mol. The summed E-state index contributed by atoms with van der Waals surface area (Å²) in [5.41, 5.74) is -0.434. The lowest BCUT2D eigenvalue weighted by molar-refractivity contribution is -0.137. The van der Waals surface area contributed by atoms with Crippen molar-refractivity contribution < 1.29 is 13.2 Å². The molecule has 1 aliphatic rings. The van der Waals surface area contributed by atoms with Crippen molar-refractivity contribution in [1.29, 1.82) is 0 Å². The Morgan fingerprint density at radius 1 is 1.24 bits per heavy atom. The number of hydrogen-bond donors (Lipinski definition) is 0. The van der Waals surface area contributed by atoms with Gasteiger partial charge < -0.3 is 4.90 Å². The summed E-state index contributed by atoms with van der Waals surface area (Å²) >= 11 is 5.75. The number of anilines is 1. The van der Waals surface area contributed by atoms with Crippen molar-refractivity contribution in [2.75, 3.05) is 11.9 Å². The van der Waals surface area contributed by atoms with Crippen molar-refractivity contribution in [3.05, 3.63) is 22.8 Å². The van der Waals surface area contributed by atoms with Crippen molar-refractivity contribution >= 4 is 17.4 Å². The number of hydrogen-bond acceptors (Lipinski definition) is 2. The highest BCUT2D eigenvalue weighted by Crippen LogP contribution is 2.38. The minimum Gasteiger partial charge on any atom is -0.357 e. The van der Waals surface area contributed by atoms with Crippen LogP contribution in [-0.4, -0.2) is 18.1 Å². The van der Waals surface area contributed by atoms with E-state index in [9.17, 15) is 13.2 Å². The highest BCUT2D eigenvalue weighted by molar-refractivity contribution is 6.29. The van der Waals surface area contributed by atoms with E-state index in [4.69, 9.17) is 11.6 Å². The Morgan fingerprint density at radius 3 is 2.33 bits per heavy atom. The number of pyridine rings is 1. The summed E-state index contributed by atoms with van der Waals surface area (Å²) < 4.78 is 38.6. The molecule has 1 aromatic rings. The van der Waals surface area contributed by atoms with Crippen molar-refractivity contribution in [3.8, 4) is 0 Å². The third kappa shape index (κ3) is 4.02. The molecule has 0 atom stereocenters. The van der Waals surface area contributed by atoms with Crippen LogP contribution in [0.15, 0.2) is 12.1 Å². The van der Waals surface area contributed by atoms with Crippen LogP contribution in [0.5, 0.6) is 0 Å². The number of aromatic nitrogens is 1. The highest BCUT2D eigenvalue weighted by atomic mass is 35.5. The van der Waals surface area contributed by atoms with Gasteiger partial charge in [-0.15, -0.1) is 0 Å². The van der Waals surface area contributed by atoms with Crippen LogP contribution in [0, 0.1) is 5.41 Å². The monoisotopic (exact) mass is 320 g/mol. The lowest BCUT2D eigenvalue weighted by atomic mass is 9.75. The van der Waals surface area contributed by atoms with Crippen LogP contribution in [0.25, 0.3) is 0 Å². The van der Waals surface area contributed by atoms with Gasteiger partial charge in [-0.25, -0.2) is 4.98 Å². The first-order valence-electron chi connectivity index (χ1n) is 7.06. The van der Waals surface area contributed by atoms with Gasteiger partial charge >= 0.3 is 6.18 Å². The first-order chi connectivity index (χ1) is 9.58. The number of nitrogens with zero attached hydrogens (tertiary/aromatic N) is 2. The van der Waals surface area contributed by atoms with E-state index in [0.29, 0.717) is 11.2 Å². The Hall–Kier alpha value is -0.970. The lowest BCUT2D eigenvalue weighted by Crippen LogP contribution is -2.37. The SMILES string of the molecule is CN(c1cc(C(F)(F)F)cc(Cl)n1)C1CCC(C)(C)CC1. The van der Waals surface area contributed by atoms with Crippen LogP contribution in [0.4, 0.5) is 19.0 Å². The maximum atomic E-state index is 12.9. The van der Waals surface area contributed by atoms with Gasteiger partial charge in [0.1, 0.15) is 11.0 Å². The van der Waals surface area contributed by atoms with Crippen molar-refractivity contribution in [3.63, 3.8) is 0 Å². The van der Waals surface area contributed by atoms with Gasteiger partial charge in [-0.3, -0.25) is 0 Å². The second-order valence-electron chi connectivity index (χ2n) is 6.54. The molecule has 0 spiro atoms. The van der Waals surface area contributed by atoms with Crippen molar-refractivity contribution in [2.24, 2.45) is 5.41 Å². The van der Waals surface area contributed by atoms with Crippen LogP contribution in [0.2, 0.25) is 5.15 Å². The molecule has 1 aliphatic carbocycles. The molecule has 0 N–H and O–H groups in total. The summed E-state index contributed by atoms with van der Waals surface area (Å²) in [6, 6.07) is 2.15. The van der Waals surface area contributed by atoms with Gasteiger partial charge in [0.05, 0.1) is 5.56 Å². The zero-order chi connectivity index (χ0) is 15.8. The van der Waals surface area contributed by atoms with E-state index in [1.807, 2.05) is 4.90 Å². The largest absolute Gasteiger partial charge is 0.416 e. The maximum Gasteiger partial charge on any atom is 0.416 e. The zero-order valence-corrected chi connectivity index (χ0v) is 13.2. The van der Waals surface area contributed by atoms with Gasteiger partial charge in [0.2, 0.25) is 0 Å². The fourth-order valence-corrected chi connectivity index (χ4v) is 2.99. The van der Waals surface area contributed by atoms with Crippen molar-refractivity contribution in [2.45, 2.75) is 51.7 Å². The molecule has 1 fully saturated rings.